The highest BCUT2D eigenvalue weighted by Crippen LogP contribution is 2.26. The number of piperidine rings is 1. The van der Waals surface area contributed by atoms with Crippen molar-refractivity contribution in [2.75, 3.05) is 18.5 Å². The number of hydrogen-bond acceptors (Lipinski definition) is 3. The van der Waals surface area contributed by atoms with Gasteiger partial charge in [0.1, 0.15) is 0 Å². The minimum atomic E-state index is 0.208. The molecule has 0 saturated carbocycles. The van der Waals surface area contributed by atoms with Crippen molar-refractivity contribution in [3.63, 3.8) is 0 Å². The quantitative estimate of drug-likeness (QED) is 0.871. The number of hydrogen-bond donors (Lipinski definition) is 0. The number of carbonyl (C=O) groups excluding carboxylic acids is 1. The molecule has 0 N–H and O–H groups in total. The van der Waals surface area contributed by atoms with Crippen molar-refractivity contribution in [1.82, 2.24) is 9.88 Å². The number of fused-ring (bicyclic) bond motifs is 1. The first-order valence-corrected chi connectivity index (χ1v) is 8.44. The summed E-state index contributed by atoms with van der Waals surface area (Å²) < 4.78 is 0. The summed E-state index contributed by atoms with van der Waals surface area (Å²) in [6.45, 7) is 4.71. The van der Waals surface area contributed by atoms with Crippen LogP contribution in [0.4, 0.5) is 5.69 Å². The molecule has 1 aliphatic rings. The van der Waals surface area contributed by atoms with Gasteiger partial charge in [0.2, 0.25) is 5.91 Å². The third-order valence-corrected chi connectivity index (χ3v) is 4.88. The zero-order valence-electron chi connectivity index (χ0n) is 14.2. The Morgan fingerprint density at radius 2 is 1.91 bits per heavy atom. The van der Waals surface area contributed by atoms with Crippen LogP contribution < -0.4 is 4.90 Å². The molecule has 122 valence electrons. The zero-order chi connectivity index (χ0) is 16.4. The van der Waals surface area contributed by atoms with Crippen LogP contribution in [0.15, 0.2) is 36.5 Å². The molecule has 0 aliphatic carbocycles. The van der Waals surface area contributed by atoms with Crippen molar-refractivity contribution >= 4 is 22.5 Å². The van der Waals surface area contributed by atoms with Crippen LogP contribution in [0.25, 0.3) is 10.9 Å². The number of carbonyl (C=O) groups is 1. The van der Waals surface area contributed by atoms with E-state index in [0.717, 1.165) is 29.4 Å². The van der Waals surface area contributed by atoms with Gasteiger partial charge in [-0.25, -0.2) is 0 Å². The number of amides is 1. The van der Waals surface area contributed by atoms with Crippen LogP contribution in [-0.4, -0.2) is 41.5 Å². The first kappa shape index (κ1) is 15.8. The van der Waals surface area contributed by atoms with Crippen LogP contribution in [0.2, 0.25) is 0 Å². The van der Waals surface area contributed by atoms with E-state index in [1.165, 1.54) is 6.42 Å². The third-order valence-electron chi connectivity index (χ3n) is 4.88. The van der Waals surface area contributed by atoms with Gasteiger partial charge in [-0.15, -0.1) is 0 Å². The van der Waals surface area contributed by atoms with E-state index in [1.54, 1.807) is 6.20 Å². The Morgan fingerprint density at radius 1 is 1.22 bits per heavy atom. The van der Waals surface area contributed by atoms with E-state index >= 15 is 0 Å². The van der Waals surface area contributed by atoms with E-state index in [9.17, 15) is 4.79 Å². The second kappa shape index (κ2) is 6.57. The standard InChI is InChI=1S/C19H25N3O/c1-14-7-4-8-15(2)22(14)18(23)13-21(3)17-11-5-9-16-10-6-12-20-19(16)17/h5-6,9-12,14-15H,4,7-8,13H2,1-3H3. The van der Waals surface area contributed by atoms with E-state index in [1.807, 2.05) is 30.1 Å². The second-order valence-electron chi connectivity index (χ2n) is 6.64. The summed E-state index contributed by atoms with van der Waals surface area (Å²) in [7, 11) is 1.97. The Labute approximate surface area is 138 Å². The van der Waals surface area contributed by atoms with Gasteiger partial charge < -0.3 is 9.80 Å². The number of para-hydroxylation sites is 1. The summed E-state index contributed by atoms with van der Waals surface area (Å²) in [5.41, 5.74) is 1.96. The molecule has 1 amide bonds. The van der Waals surface area contributed by atoms with Crippen molar-refractivity contribution < 1.29 is 4.79 Å². The average molecular weight is 311 g/mol. The zero-order valence-corrected chi connectivity index (χ0v) is 14.2. The number of benzene rings is 1. The molecule has 2 atom stereocenters. The number of likely N-dealkylation sites (N-methyl/N-ethyl adjacent to an activating group) is 1. The van der Waals surface area contributed by atoms with Gasteiger partial charge in [-0.05, 0) is 45.2 Å². The SMILES string of the molecule is CC1CCCC(C)N1C(=O)CN(C)c1cccc2cccnc12. The average Bonchev–Trinajstić information content (AvgIpc) is 2.54. The fourth-order valence-corrected chi connectivity index (χ4v) is 3.68. The number of pyridine rings is 1. The largest absolute Gasteiger partial charge is 0.364 e. The highest BCUT2D eigenvalue weighted by Gasteiger charge is 2.29. The number of likely N-dealkylation sites (tertiary alicyclic amines) is 1. The summed E-state index contributed by atoms with van der Waals surface area (Å²) in [5.74, 6) is 0.208. The molecule has 23 heavy (non-hydrogen) atoms. The van der Waals surface area contributed by atoms with Crippen LogP contribution in [-0.2, 0) is 4.79 Å². The monoisotopic (exact) mass is 311 g/mol. The lowest BCUT2D eigenvalue weighted by Gasteiger charge is -2.40. The second-order valence-corrected chi connectivity index (χ2v) is 6.64. The summed E-state index contributed by atoms with van der Waals surface area (Å²) >= 11 is 0. The Hall–Kier alpha value is -2.10. The van der Waals surface area contributed by atoms with Gasteiger partial charge in [-0.2, -0.15) is 0 Å². The van der Waals surface area contributed by atoms with E-state index in [0.29, 0.717) is 18.6 Å². The van der Waals surface area contributed by atoms with Gasteiger partial charge in [0.25, 0.3) is 0 Å². The normalized spacial score (nSPS) is 21.4. The molecule has 0 bridgehead atoms. The fourth-order valence-electron chi connectivity index (χ4n) is 3.68. The molecular formula is C19H25N3O. The molecule has 2 heterocycles. The van der Waals surface area contributed by atoms with Crippen molar-refractivity contribution in [2.45, 2.75) is 45.2 Å². The van der Waals surface area contributed by atoms with E-state index in [4.69, 9.17) is 0 Å². The lowest BCUT2D eigenvalue weighted by molar-refractivity contribution is -0.135. The summed E-state index contributed by atoms with van der Waals surface area (Å²) in [6.07, 6.45) is 5.23. The summed E-state index contributed by atoms with van der Waals surface area (Å²) in [5, 5.41) is 1.10. The third kappa shape index (κ3) is 3.16. The fraction of sp³-hybridized carbons (Fsp3) is 0.474. The molecule has 4 heteroatoms. The molecule has 2 aromatic rings. The molecule has 4 nitrogen and oxygen atoms in total. The van der Waals surface area contributed by atoms with E-state index in [2.05, 4.69) is 35.9 Å². The molecule has 1 aliphatic heterocycles. The summed E-state index contributed by atoms with van der Waals surface area (Å²) in [6, 6.07) is 10.8. The molecule has 1 saturated heterocycles. The Kier molecular flexibility index (Phi) is 4.51. The first-order chi connectivity index (χ1) is 11.1. The lowest BCUT2D eigenvalue weighted by atomic mass is 9.97. The van der Waals surface area contributed by atoms with Crippen LogP contribution >= 0.6 is 0 Å². The maximum Gasteiger partial charge on any atom is 0.242 e. The van der Waals surface area contributed by atoms with Gasteiger partial charge >= 0.3 is 0 Å². The molecule has 1 aromatic carbocycles. The number of aromatic nitrogens is 1. The highest BCUT2D eigenvalue weighted by atomic mass is 16.2. The van der Waals surface area contributed by atoms with Crippen LogP contribution in [0, 0.1) is 0 Å². The predicted molar refractivity (Wildman–Crippen MR) is 94.6 cm³/mol. The number of nitrogens with zero attached hydrogens (tertiary/aromatic N) is 3. The molecule has 1 fully saturated rings. The lowest BCUT2D eigenvalue weighted by Crippen LogP contribution is -2.50. The summed E-state index contributed by atoms with van der Waals surface area (Å²) in [4.78, 5) is 21.4. The molecular weight excluding hydrogens is 286 g/mol. The smallest absolute Gasteiger partial charge is 0.242 e. The van der Waals surface area contributed by atoms with Gasteiger partial charge in [0, 0.05) is 30.7 Å². The van der Waals surface area contributed by atoms with Crippen LogP contribution in [0.1, 0.15) is 33.1 Å². The van der Waals surface area contributed by atoms with Gasteiger partial charge in [-0.1, -0.05) is 18.2 Å². The minimum Gasteiger partial charge on any atom is -0.364 e. The van der Waals surface area contributed by atoms with E-state index < -0.39 is 0 Å². The minimum absolute atomic E-state index is 0.208. The molecule has 1 aromatic heterocycles. The number of anilines is 1. The van der Waals surface area contributed by atoms with Crippen molar-refractivity contribution in [3.05, 3.63) is 36.5 Å². The van der Waals surface area contributed by atoms with Crippen LogP contribution in [0.5, 0.6) is 0 Å². The van der Waals surface area contributed by atoms with Gasteiger partial charge in [0.05, 0.1) is 17.7 Å². The Bertz CT molecular complexity index is 685. The maximum absolute atomic E-state index is 12.8. The van der Waals surface area contributed by atoms with Crippen LogP contribution in [0.3, 0.4) is 0 Å². The van der Waals surface area contributed by atoms with Crippen molar-refractivity contribution in [2.24, 2.45) is 0 Å². The maximum atomic E-state index is 12.8. The number of rotatable bonds is 3. The van der Waals surface area contributed by atoms with Crippen molar-refractivity contribution in [3.8, 4) is 0 Å². The van der Waals surface area contributed by atoms with Gasteiger partial charge in [0.15, 0.2) is 0 Å². The molecule has 3 rings (SSSR count). The van der Waals surface area contributed by atoms with E-state index in [-0.39, 0.29) is 5.91 Å². The molecule has 0 radical (unpaired) electrons. The Morgan fingerprint density at radius 3 is 2.65 bits per heavy atom. The van der Waals surface area contributed by atoms with Gasteiger partial charge in [-0.3, -0.25) is 9.78 Å². The Balaban J connectivity index is 1.80. The molecule has 2 unspecified atom stereocenters. The highest BCUT2D eigenvalue weighted by molar-refractivity contribution is 5.92. The topological polar surface area (TPSA) is 36.4 Å². The molecule has 0 spiro atoms. The van der Waals surface area contributed by atoms with Crippen molar-refractivity contribution in [1.29, 1.82) is 0 Å². The first-order valence-electron chi connectivity index (χ1n) is 8.44. The predicted octanol–water partition coefficient (Wildman–Crippen LogP) is 3.46.